The number of hydrogen-bond acceptors (Lipinski definition) is 5. The lowest BCUT2D eigenvalue weighted by Crippen LogP contribution is -2.40. The third-order valence-corrected chi connectivity index (χ3v) is 3.92. The average Bonchev–Trinajstić information content (AvgIpc) is 2.46. The third-order valence-electron chi connectivity index (χ3n) is 3.92. The second-order valence-electron chi connectivity index (χ2n) is 5.35. The Hall–Kier alpha value is -1.88. The Morgan fingerprint density at radius 2 is 2.15 bits per heavy atom. The Bertz CT molecular complexity index is 601. The van der Waals surface area contributed by atoms with Gasteiger partial charge in [-0.25, -0.2) is 4.98 Å². The molecule has 1 saturated heterocycles. The molecule has 0 aliphatic carbocycles. The molecule has 5 nitrogen and oxygen atoms in total. The molecule has 2 aromatic rings. The summed E-state index contributed by atoms with van der Waals surface area (Å²) in [6, 6.07) is 8.25. The van der Waals surface area contributed by atoms with E-state index in [9.17, 15) is 0 Å². The first kappa shape index (κ1) is 13.1. The molecule has 1 aromatic heterocycles. The van der Waals surface area contributed by atoms with Gasteiger partial charge in [0.25, 0.3) is 0 Å². The smallest absolute Gasteiger partial charge is 0.226 e. The number of anilines is 1. The monoisotopic (exact) mass is 272 g/mol. The van der Waals surface area contributed by atoms with Crippen LogP contribution >= 0.6 is 0 Å². The van der Waals surface area contributed by atoms with E-state index in [4.69, 9.17) is 10.5 Å². The molecule has 20 heavy (non-hydrogen) atoms. The topological polar surface area (TPSA) is 64.3 Å². The Kier molecular flexibility index (Phi) is 3.69. The van der Waals surface area contributed by atoms with Crippen LogP contribution in [0.4, 0.5) is 5.95 Å². The van der Waals surface area contributed by atoms with Crippen LogP contribution < -0.4 is 10.5 Å². The molecule has 0 bridgehead atoms. The van der Waals surface area contributed by atoms with Crippen molar-refractivity contribution in [2.24, 2.45) is 0 Å². The molecule has 1 unspecified atom stereocenters. The Morgan fingerprint density at radius 3 is 3.00 bits per heavy atom. The Labute approximate surface area is 118 Å². The molecule has 2 N–H and O–H groups in total. The molecule has 2 heterocycles. The minimum absolute atomic E-state index is 0.260. The SMILES string of the molecule is CN1CCCCC1COc1nc(N)nc2ccccc12. The van der Waals surface area contributed by atoms with E-state index in [2.05, 4.69) is 21.9 Å². The summed E-state index contributed by atoms with van der Waals surface area (Å²) < 4.78 is 5.94. The van der Waals surface area contributed by atoms with Crippen molar-refractivity contribution < 1.29 is 4.74 Å². The van der Waals surface area contributed by atoms with E-state index in [0.29, 0.717) is 18.5 Å². The molecule has 0 radical (unpaired) electrons. The molecule has 1 aliphatic rings. The zero-order valence-corrected chi connectivity index (χ0v) is 11.7. The predicted molar refractivity (Wildman–Crippen MR) is 79.7 cm³/mol. The van der Waals surface area contributed by atoms with E-state index in [0.717, 1.165) is 17.4 Å². The fourth-order valence-corrected chi connectivity index (χ4v) is 2.70. The zero-order valence-electron chi connectivity index (χ0n) is 11.7. The summed E-state index contributed by atoms with van der Waals surface area (Å²) in [5, 5.41) is 0.917. The van der Waals surface area contributed by atoms with Gasteiger partial charge in [-0.3, -0.25) is 0 Å². The van der Waals surface area contributed by atoms with Gasteiger partial charge in [0.15, 0.2) is 0 Å². The van der Waals surface area contributed by atoms with Gasteiger partial charge in [0.1, 0.15) is 6.61 Å². The van der Waals surface area contributed by atoms with Gasteiger partial charge < -0.3 is 15.4 Å². The number of nitrogens with zero attached hydrogens (tertiary/aromatic N) is 3. The predicted octanol–water partition coefficient (Wildman–Crippen LogP) is 2.08. The van der Waals surface area contributed by atoms with Gasteiger partial charge in [0.2, 0.25) is 11.8 Å². The molecule has 106 valence electrons. The van der Waals surface area contributed by atoms with Gasteiger partial charge in [0, 0.05) is 6.04 Å². The van der Waals surface area contributed by atoms with Crippen molar-refractivity contribution in [3.63, 3.8) is 0 Å². The van der Waals surface area contributed by atoms with Crippen LogP contribution in [-0.2, 0) is 0 Å². The van der Waals surface area contributed by atoms with Crippen molar-refractivity contribution in [1.29, 1.82) is 0 Å². The number of aromatic nitrogens is 2. The van der Waals surface area contributed by atoms with Gasteiger partial charge >= 0.3 is 0 Å². The molecule has 0 amide bonds. The number of nitrogen functional groups attached to an aromatic ring is 1. The van der Waals surface area contributed by atoms with Crippen molar-refractivity contribution in [2.45, 2.75) is 25.3 Å². The molecule has 1 fully saturated rings. The number of likely N-dealkylation sites (tertiary alicyclic amines) is 1. The van der Waals surface area contributed by atoms with E-state index >= 15 is 0 Å². The number of likely N-dealkylation sites (N-methyl/N-ethyl adjacent to an activating group) is 1. The number of piperidine rings is 1. The molecule has 0 spiro atoms. The van der Waals surface area contributed by atoms with Crippen LogP contribution in [-0.4, -0.2) is 41.1 Å². The molecule has 1 aliphatic heterocycles. The summed E-state index contributed by atoms with van der Waals surface area (Å²) in [7, 11) is 2.15. The largest absolute Gasteiger partial charge is 0.475 e. The number of benzene rings is 1. The van der Waals surface area contributed by atoms with Gasteiger partial charge in [-0.1, -0.05) is 18.6 Å². The minimum Gasteiger partial charge on any atom is -0.475 e. The van der Waals surface area contributed by atoms with Crippen molar-refractivity contribution in [3.05, 3.63) is 24.3 Å². The lowest BCUT2D eigenvalue weighted by molar-refractivity contribution is 0.123. The highest BCUT2D eigenvalue weighted by atomic mass is 16.5. The van der Waals surface area contributed by atoms with Crippen LogP contribution in [0.25, 0.3) is 10.9 Å². The van der Waals surface area contributed by atoms with Gasteiger partial charge in [0.05, 0.1) is 10.9 Å². The highest BCUT2D eigenvalue weighted by molar-refractivity contribution is 5.84. The second-order valence-corrected chi connectivity index (χ2v) is 5.35. The number of nitrogens with two attached hydrogens (primary N) is 1. The van der Waals surface area contributed by atoms with Crippen LogP contribution in [0.2, 0.25) is 0 Å². The van der Waals surface area contributed by atoms with Crippen molar-refractivity contribution in [2.75, 3.05) is 25.9 Å². The number of hydrogen-bond donors (Lipinski definition) is 1. The number of rotatable bonds is 3. The average molecular weight is 272 g/mol. The molecule has 1 aromatic carbocycles. The minimum atomic E-state index is 0.260. The van der Waals surface area contributed by atoms with Crippen LogP contribution in [0.5, 0.6) is 5.88 Å². The van der Waals surface area contributed by atoms with Gasteiger partial charge in [-0.2, -0.15) is 4.98 Å². The Morgan fingerprint density at radius 1 is 1.30 bits per heavy atom. The molecular formula is C15H20N4O. The van der Waals surface area contributed by atoms with Crippen molar-refractivity contribution >= 4 is 16.9 Å². The normalized spacial score (nSPS) is 20.1. The number of fused-ring (bicyclic) bond motifs is 1. The summed E-state index contributed by atoms with van der Waals surface area (Å²) in [6.45, 7) is 1.79. The summed E-state index contributed by atoms with van der Waals surface area (Å²) in [5.74, 6) is 0.850. The quantitative estimate of drug-likeness (QED) is 0.926. The molecule has 3 rings (SSSR count). The van der Waals surface area contributed by atoms with E-state index in [-0.39, 0.29) is 5.95 Å². The van der Waals surface area contributed by atoms with Crippen LogP contribution in [0.3, 0.4) is 0 Å². The van der Waals surface area contributed by atoms with Crippen LogP contribution in [0.1, 0.15) is 19.3 Å². The zero-order chi connectivity index (χ0) is 13.9. The maximum Gasteiger partial charge on any atom is 0.226 e. The van der Waals surface area contributed by atoms with E-state index in [1.165, 1.54) is 19.3 Å². The van der Waals surface area contributed by atoms with Gasteiger partial charge in [-0.15, -0.1) is 0 Å². The molecular weight excluding hydrogens is 252 g/mol. The van der Waals surface area contributed by atoms with Gasteiger partial charge in [-0.05, 0) is 38.6 Å². The highest BCUT2D eigenvalue weighted by Gasteiger charge is 2.20. The first-order chi connectivity index (χ1) is 9.74. The first-order valence-electron chi connectivity index (χ1n) is 7.09. The number of para-hydroxylation sites is 1. The summed E-state index contributed by atoms with van der Waals surface area (Å²) >= 11 is 0. The third kappa shape index (κ3) is 2.67. The van der Waals surface area contributed by atoms with Crippen molar-refractivity contribution in [1.82, 2.24) is 14.9 Å². The fourth-order valence-electron chi connectivity index (χ4n) is 2.70. The maximum absolute atomic E-state index is 5.94. The first-order valence-corrected chi connectivity index (χ1v) is 7.09. The Balaban J connectivity index is 1.80. The van der Waals surface area contributed by atoms with E-state index < -0.39 is 0 Å². The number of ether oxygens (including phenoxy) is 1. The lowest BCUT2D eigenvalue weighted by Gasteiger charge is -2.32. The second kappa shape index (κ2) is 5.63. The molecule has 5 heteroatoms. The summed E-state index contributed by atoms with van der Waals surface area (Å²) in [6.07, 6.45) is 3.72. The summed E-state index contributed by atoms with van der Waals surface area (Å²) in [5.41, 5.74) is 6.57. The molecule has 1 atom stereocenters. The standard InChI is InChI=1S/C15H20N4O/c1-19-9-5-4-6-11(19)10-20-14-12-7-2-3-8-13(12)17-15(16)18-14/h2-3,7-8,11H,4-6,9-10H2,1H3,(H2,16,17,18). The lowest BCUT2D eigenvalue weighted by atomic mass is 10.0. The summed E-state index contributed by atoms with van der Waals surface area (Å²) in [4.78, 5) is 10.8. The van der Waals surface area contributed by atoms with Crippen LogP contribution in [0.15, 0.2) is 24.3 Å². The maximum atomic E-state index is 5.94. The highest BCUT2D eigenvalue weighted by Crippen LogP contribution is 2.24. The van der Waals surface area contributed by atoms with E-state index in [1.54, 1.807) is 0 Å². The van der Waals surface area contributed by atoms with E-state index in [1.807, 2.05) is 24.3 Å². The van der Waals surface area contributed by atoms with Crippen LogP contribution in [0, 0.1) is 0 Å². The van der Waals surface area contributed by atoms with Crippen molar-refractivity contribution in [3.8, 4) is 5.88 Å². The fraction of sp³-hybridized carbons (Fsp3) is 0.467. The molecule has 0 saturated carbocycles.